The molecule has 14 N–H and O–H groups in total. The number of nitrogens with two attached hydrogens (primary N) is 3. The van der Waals surface area contributed by atoms with Crippen molar-refractivity contribution >= 4 is 53.3 Å². The highest BCUT2D eigenvalue weighted by molar-refractivity contribution is 5.98. The van der Waals surface area contributed by atoms with Gasteiger partial charge in [0.2, 0.25) is 41.4 Å². The number of aliphatic hydroxyl groups is 2. The summed E-state index contributed by atoms with van der Waals surface area (Å²) in [5, 5.41) is 36.2. The van der Waals surface area contributed by atoms with Crippen molar-refractivity contribution in [2.45, 2.75) is 199 Å². The van der Waals surface area contributed by atoms with Gasteiger partial charge < -0.3 is 64.1 Å². The van der Waals surface area contributed by atoms with E-state index in [2.05, 4.69) is 36.9 Å². The number of cyclic esters (lactones) is 1. The molecule has 0 saturated carbocycles. The molecule has 0 radical (unpaired) electrons. The Morgan fingerprint density at radius 2 is 1.14 bits per heavy atom. The first-order valence-electron chi connectivity index (χ1n) is 22.8. The predicted octanol–water partition coefficient (Wildman–Crippen LogP) is -0.476. The Morgan fingerprint density at radius 3 is 1.62 bits per heavy atom. The molecule has 7 amide bonds. The minimum Gasteiger partial charge on any atom is -0.458 e. The number of hydrogen-bond acceptors (Lipinski definition) is 12. The Labute approximate surface area is 377 Å². The predicted molar refractivity (Wildman–Crippen MR) is 239 cm³/mol. The van der Waals surface area contributed by atoms with Crippen molar-refractivity contribution in [3.63, 3.8) is 0 Å². The standard InChI is InChI=1S/C43H78N10O11/c1-8-24(3)33-38(59)51-34(25(4)9-2)39(60)53-35(27(6)54)40(61)49-30(23-31(44)56)37(58)48-26(5)42(63)64-28(7)36(41(62)52-33)50-32(57)22-29(55)20-18-16-14-12-10-11-13-15-17-19-21-47-43(45)46/h24-30,33-36,54-55H,8-23H2,1-7H3,(H2,44,56)(H,48,58)(H,49,61)(H,50,57)(H,51,59)(H,52,62)(H,53,60)(H4,45,46,47). The van der Waals surface area contributed by atoms with Crippen LogP contribution in [-0.2, 0) is 43.1 Å². The van der Waals surface area contributed by atoms with E-state index in [1.54, 1.807) is 27.7 Å². The van der Waals surface area contributed by atoms with Crippen LogP contribution >= 0.6 is 0 Å². The Kier molecular flexibility index (Phi) is 26.8. The topological polar surface area (TPSA) is 349 Å². The molecular formula is C43H78N10O11. The molecule has 21 nitrogen and oxygen atoms in total. The molecule has 0 aliphatic carbocycles. The van der Waals surface area contributed by atoms with Gasteiger partial charge in [-0.3, -0.25) is 38.6 Å². The van der Waals surface area contributed by atoms with Crippen molar-refractivity contribution < 1.29 is 53.3 Å². The number of carbonyl (C=O) groups excluding carboxylic acids is 8. The Morgan fingerprint density at radius 1 is 0.672 bits per heavy atom. The van der Waals surface area contributed by atoms with Crippen LogP contribution in [0.3, 0.4) is 0 Å². The van der Waals surface area contributed by atoms with Crippen LogP contribution in [0.15, 0.2) is 4.99 Å². The molecule has 21 heteroatoms. The van der Waals surface area contributed by atoms with Crippen LogP contribution < -0.4 is 49.1 Å². The second-order valence-electron chi connectivity index (χ2n) is 17.1. The highest BCUT2D eigenvalue weighted by Gasteiger charge is 2.39. The van der Waals surface area contributed by atoms with Crippen LogP contribution in [0.25, 0.3) is 0 Å². The molecule has 1 aliphatic heterocycles. The number of nitrogens with one attached hydrogen (secondary N) is 6. The average Bonchev–Trinajstić information content (AvgIpc) is 3.22. The number of aliphatic imine (C=N–C) groups is 1. The highest BCUT2D eigenvalue weighted by Crippen LogP contribution is 2.16. The molecule has 64 heavy (non-hydrogen) atoms. The van der Waals surface area contributed by atoms with Crippen LogP contribution in [0, 0.1) is 11.8 Å². The molecule has 0 bridgehead atoms. The van der Waals surface area contributed by atoms with Crippen molar-refractivity contribution in [3.05, 3.63) is 0 Å². The summed E-state index contributed by atoms with van der Waals surface area (Å²) in [6.07, 6.45) is 6.07. The summed E-state index contributed by atoms with van der Waals surface area (Å²) in [7, 11) is 0. The number of unbranched alkanes of at least 4 members (excludes halogenated alkanes) is 9. The molecule has 1 saturated heterocycles. The molecule has 11 unspecified atom stereocenters. The number of carbonyl (C=O) groups is 8. The van der Waals surface area contributed by atoms with Crippen molar-refractivity contribution in [2.24, 2.45) is 34.0 Å². The molecule has 0 aromatic heterocycles. The second-order valence-corrected chi connectivity index (χ2v) is 17.1. The highest BCUT2D eigenvalue weighted by atomic mass is 16.5. The summed E-state index contributed by atoms with van der Waals surface area (Å²) in [6.45, 7) is 11.3. The van der Waals surface area contributed by atoms with Crippen molar-refractivity contribution in [2.75, 3.05) is 6.54 Å². The first kappa shape index (κ1) is 57.0. The zero-order chi connectivity index (χ0) is 48.5. The molecule has 0 aromatic rings. The fourth-order valence-electron chi connectivity index (χ4n) is 7.00. The number of rotatable bonds is 23. The van der Waals surface area contributed by atoms with E-state index in [0.29, 0.717) is 32.2 Å². The van der Waals surface area contributed by atoms with Gasteiger partial charge in [-0.1, -0.05) is 98.3 Å². The summed E-state index contributed by atoms with van der Waals surface area (Å²) in [5.74, 6) is -8.43. The molecular weight excluding hydrogens is 833 g/mol. The van der Waals surface area contributed by atoms with Crippen LogP contribution in [0.1, 0.15) is 145 Å². The van der Waals surface area contributed by atoms with Crippen LogP contribution in [0.4, 0.5) is 0 Å². The molecule has 1 aliphatic rings. The number of aliphatic hydroxyl groups excluding tert-OH is 2. The Balaban J connectivity index is 3.28. The van der Waals surface area contributed by atoms with E-state index in [1.165, 1.54) is 20.8 Å². The van der Waals surface area contributed by atoms with E-state index < -0.39 is 120 Å². The normalized spacial score (nSPS) is 24.9. The number of guanidine groups is 1. The maximum atomic E-state index is 14.1. The van der Waals surface area contributed by atoms with Gasteiger partial charge in [0.05, 0.1) is 25.0 Å². The minimum absolute atomic E-state index is 0.112. The van der Waals surface area contributed by atoms with E-state index >= 15 is 0 Å². The zero-order valence-corrected chi connectivity index (χ0v) is 38.9. The van der Waals surface area contributed by atoms with Gasteiger partial charge in [-0.15, -0.1) is 0 Å². The third-order valence-corrected chi connectivity index (χ3v) is 11.4. The van der Waals surface area contributed by atoms with Gasteiger partial charge in [-0.2, -0.15) is 0 Å². The molecule has 0 aromatic carbocycles. The first-order chi connectivity index (χ1) is 30.1. The first-order valence-corrected chi connectivity index (χ1v) is 22.8. The third kappa shape index (κ3) is 21.6. The third-order valence-electron chi connectivity index (χ3n) is 11.4. The fraction of sp³-hybridized carbons (Fsp3) is 0.791. The van der Waals surface area contributed by atoms with Gasteiger partial charge in [0.1, 0.15) is 42.4 Å². The van der Waals surface area contributed by atoms with Crippen LogP contribution in [0.2, 0.25) is 0 Å². The number of esters is 1. The number of primary amides is 1. The Bertz CT molecular complexity index is 1560. The number of amides is 7. The van der Waals surface area contributed by atoms with E-state index in [1.807, 2.05) is 0 Å². The summed E-state index contributed by atoms with van der Waals surface area (Å²) < 4.78 is 5.56. The average molecular weight is 911 g/mol. The fourth-order valence-corrected chi connectivity index (χ4v) is 7.00. The van der Waals surface area contributed by atoms with Crippen LogP contribution in [-0.4, -0.2) is 125 Å². The monoisotopic (exact) mass is 911 g/mol. The Hall–Kier alpha value is -5.05. The van der Waals surface area contributed by atoms with Crippen molar-refractivity contribution in [1.29, 1.82) is 0 Å². The SMILES string of the molecule is CCC(C)C1NC(=O)C(C(C)CC)NC(=O)C(NC(=O)CC(O)CCCCCCCCCCCCN=C(N)N)C(C)OC(=O)C(C)NC(=O)C(CC(N)=O)NC(=O)C(C(C)O)NC1=O. The molecule has 1 fully saturated rings. The maximum absolute atomic E-state index is 14.1. The largest absolute Gasteiger partial charge is 0.458 e. The quantitative estimate of drug-likeness (QED) is 0.0268. The lowest BCUT2D eigenvalue weighted by Gasteiger charge is -2.32. The molecule has 11 atom stereocenters. The lowest BCUT2D eigenvalue weighted by Crippen LogP contribution is -2.63. The summed E-state index contributed by atoms with van der Waals surface area (Å²) >= 11 is 0. The molecule has 366 valence electrons. The molecule has 1 rings (SSSR count). The smallest absolute Gasteiger partial charge is 0.328 e. The van der Waals surface area contributed by atoms with E-state index in [9.17, 15) is 48.6 Å². The van der Waals surface area contributed by atoms with Crippen LogP contribution in [0.5, 0.6) is 0 Å². The summed E-state index contributed by atoms with van der Waals surface area (Å²) in [4.78, 5) is 111. The number of nitrogens with zero attached hydrogens (tertiary/aromatic N) is 1. The minimum atomic E-state index is -1.68. The van der Waals surface area contributed by atoms with Gasteiger partial charge in [0.15, 0.2) is 5.96 Å². The molecule has 0 spiro atoms. The lowest BCUT2D eigenvalue weighted by atomic mass is 9.94. The van der Waals surface area contributed by atoms with E-state index in [4.69, 9.17) is 21.9 Å². The van der Waals surface area contributed by atoms with Crippen molar-refractivity contribution in [1.82, 2.24) is 31.9 Å². The maximum Gasteiger partial charge on any atom is 0.328 e. The van der Waals surface area contributed by atoms with Gasteiger partial charge in [-0.25, -0.2) is 4.79 Å². The summed E-state index contributed by atoms with van der Waals surface area (Å²) in [5.41, 5.74) is 16.0. The zero-order valence-electron chi connectivity index (χ0n) is 38.9. The number of ether oxygens (including phenoxy) is 1. The second kappa shape index (κ2) is 30.2. The lowest BCUT2D eigenvalue weighted by molar-refractivity contribution is -0.155. The van der Waals surface area contributed by atoms with Gasteiger partial charge in [-0.05, 0) is 45.4 Å². The summed E-state index contributed by atoms with van der Waals surface area (Å²) in [6, 6.07) is -8.96. The molecule has 1 heterocycles. The van der Waals surface area contributed by atoms with Gasteiger partial charge >= 0.3 is 5.97 Å². The van der Waals surface area contributed by atoms with Crippen molar-refractivity contribution in [3.8, 4) is 0 Å². The van der Waals surface area contributed by atoms with Gasteiger partial charge in [0.25, 0.3) is 0 Å². The number of hydrogen-bond donors (Lipinski definition) is 11. The van der Waals surface area contributed by atoms with E-state index in [0.717, 1.165) is 57.8 Å². The van der Waals surface area contributed by atoms with E-state index in [-0.39, 0.29) is 12.4 Å². The van der Waals surface area contributed by atoms with Gasteiger partial charge in [0, 0.05) is 6.54 Å².